The molecule has 0 aliphatic heterocycles. The number of carbonyl (C=O) groups is 1. The van der Waals surface area contributed by atoms with E-state index in [-0.39, 0.29) is 6.42 Å². The van der Waals surface area contributed by atoms with Crippen molar-refractivity contribution in [2.24, 2.45) is 0 Å². The van der Waals surface area contributed by atoms with E-state index in [1.165, 1.54) is 19.3 Å². The zero-order valence-electron chi connectivity index (χ0n) is 13.9. The van der Waals surface area contributed by atoms with Crippen molar-refractivity contribution in [2.45, 2.75) is 45.4 Å². The van der Waals surface area contributed by atoms with E-state index in [9.17, 15) is 4.79 Å². The summed E-state index contributed by atoms with van der Waals surface area (Å²) in [5.74, 6) is -0.790. The summed E-state index contributed by atoms with van der Waals surface area (Å²) in [6, 6.07) is 0. The topological polar surface area (TPSA) is 74.2 Å². The van der Waals surface area contributed by atoms with Crippen LogP contribution in [0.1, 0.15) is 45.4 Å². The molecule has 0 atom stereocenters. The summed E-state index contributed by atoms with van der Waals surface area (Å²) in [5, 5.41) is 8.44. The van der Waals surface area contributed by atoms with E-state index >= 15 is 0 Å². The second-order valence-corrected chi connectivity index (χ2v) is 5.01. The van der Waals surface area contributed by atoms with Gasteiger partial charge in [-0.15, -0.1) is 0 Å². The van der Waals surface area contributed by atoms with Gasteiger partial charge in [0.15, 0.2) is 0 Å². The first-order chi connectivity index (χ1) is 10.8. The first kappa shape index (κ1) is 21.3. The van der Waals surface area contributed by atoms with E-state index in [2.05, 4.69) is 6.92 Å². The van der Waals surface area contributed by atoms with E-state index in [0.29, 0.717) is 52.7 Å². The normalized spacial score (nSPS) is 11.0. The maximum Gasteiger partial charge on any atom is 0.303 e. The molecule has 0 saturated carbocycles. The lowest BCUT2D eigenvalue weighted by atomic mass is 10.2. The molecular weight excluding hydrogens is 288 g/mol. The number of hydrogen-bond acceptors (Lipinski definition) is 5. The molecule has 6 heteroatoms. The molecule has 132 valence electrons. The highest BCUT2D eigenvalue weighted by molar-refractivity contribution is 5.66. The van der Waals surface area contributed by atoms with E-state index in [1.807, 2.05) is 0 Å². The van der Waals surface area contributed by atoms with Gasteiger partial charge in [-0.3, -0.25) is 4.79 Å². The van der Waals surface area contributed by atoms with Crippen molar-refractivity contribution in [3.05, 3.63) is 0 Å². The third kappa shape index (κ3) is 19.3. The van der Waals surface area contributed by atoms with Gasteiger partial charge in [0, 0.05) is 19.6 Å². The lowest BCUT2D eigenvalue weighted by Gasteiger charge is -2.07. The minimum Gasteiger partial charge on any atom is -0.481 e. The molecule has 22 heavy (non-hydrogen) atoms. The van der Waals surface area contributed by atoms with Crippen molar-refractivity contribution in [2.75, 3.05) is 52.9 Å². The van der Waals surface area contributed by atoms with Gasteiger partial charge in [0.25, 0.3) is 0 Å². The summed E-state index contributed by atoms with van der Waals surface area (Å²) in [6.07, 6.45) is 5.58. The summed E-state index contributed by atoms with van der Waals surface area (Å²) in [7, 11) is 0. The first-order valence-electron chi connectivity index (χ1n) is 8.30. The summed E-state index contributed by atoms with van der Waals surface area (Å²) < 4.78 is 21.4. The van der Waals surface area contributed by atoms with Gasteiger partial charge < -0.3 is 24.1 Å². The van der Waals surface area contributed by atoms with Crippen molar-refractivity contribution in [3.63, 3.8) is 0 Å². The van der Waals surface area contributed by atoms with Gasteiger partial charge in [0.05, 0.1) is 39.6 Å². The third-order valence-electron chi connectivity index (χ3n) is 2.94. The quantitative estimate of drug-likeness (QED) is 0.391. The molecule has 0 amide bonds. The van der Waals surface area contributed by atoms with Gasteiger partial charge in [-0.25, -0.2) is 0 Å². The third-order valence-corrected chi connectivity index (χ3v) is 2.94. The van der Waals surface area contributed by atoms with Gasteiger partial charge >= 0.3 is 5.97 Å². The minimum atomic E-state index is -0.790. The van der Waals surface area contributed by atoms with Crippen LogP contribution in [0.25, 0.3) is 0 Å². The number of carboxylic acids is 1. The van der Waals surface area contributed by atoms with Crippen LogP contribution in [0, 0.1) is 0 Å². The van der Waals surface area contributed by atoms with Gasteiger partial charge in [-0.05, 0) is 12.8 Å². The number of unbranched alkanes of at least 4 members (excludes halogenated alkanes) is 3. The number of aliphatic carboxylic acids is 1. The Labute approximate surface area is 134 Å². The average molecular weight is 320 g/mol. The highest BCUT2D eigenvalue weighted by atomic mass is 16.6. The molecule has 0 aromatic rings. The SMILES string of the molecule is CCCCCCOCCOCCOCCOCCCC(=O)O. The van der Waals surface area contributed by atoms with Crippen molar-refractivity contribution in [3.8, 4) is 0 Å². The predicted molar refractivity (Wildman–Crippen MR) is 84.3 cm³/mol. The molecule has 1 N–H and O–H groups in total. The highest BCUT2D eigenvalue weighted by Crippen LogP contribution is 1.98. The zero-order valence-corrected chi connectivity index (χ0v) is 13.9. The smallest absolute Gasteiger partial charge is 0.303 e. The predicted octanol–water partition coefficient (Wildman–Crippen LogP) is 2.50. The van der Waals surface area contributed by atoms with Crippen molar-refractivity contribution < 1.29 is 28.8 Å². The molecule has 0 fully saturated rings. The van der Waals surface area contributed by atoms with Crippen LogP contribution in [0.15, 0.2) is 0 Å². The van der Waals surface area contributed by atoms with E-state index < -0.39 is 5.97 Å². The van der Waals surface area contributed by atoms with Crippen LogP contribution in [-0.2, 0) is 23.7 Å². The van der Waals surface area contributed by atoms with Gasteiger partial charge in [-0.2, -0.15) is 0 Å². The molecule has 0 heterocycles. The Morgan fingerprint density at radius 2 is 1.14 bits per heavy atom. The monoisotopic (exact) mass is 320 g/mol. The Hall–Kier alpha value is -0.690. The minimum absolute atomic E-state index is 0.148. The molecule has 0 unspecified atom stereocenters. The Bertz CT molecular complexity index is 235. The molecule has 6 nitrogen and oxygen atoms in total. The van der Waals surface area contributed by atoms with Crippen LogP contribution < -0.4 is 0 Å². The number of ether oxygens (including phenoxy) is 4. The summed E-state index contributed by atoms with van der Waals surface area (Å²) in [4.78, 5) is 10.3. The highest BCUT2D eigenvalue weighted by Gasteiger charge is 1.96. The number of carboxylic acid groups (broad SMARTS) is 1. The molecule has 0 aliphatic carbocycles. The van der Waals surface area contributed by atoms with Crippen molar-refractivity contribution in [1.29, 1.82) is 0 Å². The summed E-state index contributed by atoms with van der Waals surface area (Å²) in [6.45, 7) is 6.79. The molecule has 0 rings (SSSR count). The fourth-order valence-corrected chi connectivity index (χ4v) is 1.72. The van der Waals surface area contributed by atoms with Crippen molar-refractivity contribution >= 4 is 5.97 Å². The molecule has 0 aromatic heterocycles. The van der Waals surface area contributed by atoms with E-state index in [4.69, 9.17) is 24.1 Å². The molecule has 0 bridgehead atoms. The molecular formula is C16H32O6. The van der Waals surface area contributed by atoms with Crippen LogP contribution >= 0.6 is 0 Å². The Morgan fingerprint density at radius 1 is 0.682 bits per heavy atom. The fourth-order valence-electron chi connectivity index (χ4n) is 1.72. The fraction of sp³-hybridized carbons (Fsp3) is 0.938. The number of rotatable bonds is 18. The van der Waals surface area contributed by atoms with E-state index in [1.54, 1.807) is 0 Å². The maximum atomic E-state index is 10.3. The van der Waals surface area contributed by atoms with Gasteiger partial charge in [-0.1, -0.05) is 26.2 Å². The maximum absolute atomic E-state index is 10.3. The zero-order chi connectivity index (χ0) is 16.3. The van der Waals surface area contributed by atoms with Crippen LogP contribution in [0.3, 0.4) is 0 Å². The van der Waals surface area contributed by atoms with Gasteiger partial charge in [0.1, 0.15) is 0 Å². The van der Waals surface area contributed by atoms with Crippen LogP contribution in [-0.4, -0.2) is 63.9 Å². The Kier molecular flexibility index (Phi) is 17.8. The average Bonchev–Trinajstić information content (AvgIpc) is 2.50. The first-order valence-corrected chi connectivity index (χ1v) is 8.30. The van der Waals surface area contributed by atoms with Crippen LogP contribution in [0.2, 0.25) is 0 Å². The summed E-state index contributed by atoms with van der Waals surface area (Å²) >= 11 is 0. The number of hydrogen-bond donors (Lipinski definition) is 1. The Balaban J connectivity index is 2.95. The lowest BCUT2D eigenvalue weighted by molar-refractivity contribution is -0.137. The van der Waals surface area contributed by atoms with Gasteiger partial charge in [0.2, 0.25) is 0 Å². The molecule has 0 aromatic carbocycles. The molecule has 0 saturated heterocycles. The van der Waals surface area contributed by atoms with Crippen LogP contribution in [0.5, 0.6) is 0 Å². The largest absolute Gasteiger partial charge is 0.481 e. The second kappa shape index (κ2) is 18.4. The lowest BCUT2D eigenvalue weighted by Crippen LogP contribution is -2.12. The molecule has 0 aliphatic rings. The van der Waals surface area contributed by atoms with Crippen LogP contribution in [0.4, 0.5) is 0 Å². The van der Waals surface area contributed by atoms with Crippen molar-refractivity contribution in [1.82, 2.24) is 0 Å². The Morgan fingerprint density at radius 3 is 1.59 bits per heavy atom. The molecule has 0 radical (unpaired) electrons. The molecule has 0 spiro atoms. The van der Waals surface area contributed by atoms with E-state index in [0.717, 1.165) is 13.0 Å². The standard InChI is InChI=1S/C16H32O6/c1-2-3-4-5-8-19-10-12-21-14-15-22-13-11-20-9-6-7-16(17)18/h2-15H2,1H3,(H,17,18). The second-order valence-electron chi connectivity index (χ2n) is 5.01. The summed E-state index contributed by atoms with van der Waals surface area (Å²) in [5.41, 5.74) is 0.